The predicted molar refractivity (Wildman–Crippen MR) is 82.9 cm³/mol. The fraction of sp³-hybridized carbons (Fsp3) is 0.400. The molecular formula is C15H21N3OS. The minimum Gasteiger partial charge on any atom is -0.399 e. The molecule has 0 aliphatic rings. The van der Waals surface area contributed by atoms with E-state index in [1.807, 2.05) is 36.0 Å². The Bertz CT molecular complexity index is 621. The fourth-order valence-electron chi connectivity index (χ4n) is 2.03. The third-order valence-corrected chi connectivity index (χ3v) is 4.94. The molecule has 0 radical (unpaired) electrons. The smallest absolute Gasteiger partial charge is 0.0753 e. The Hall–Kier alpha value is -1.62. The molecule has 2 N–H and O–H groups in total. The monoisotopic (exact) mass is 291 g/mol. The molecule has 0 amide bonds. The average molecular weight is 291 g/mol. The molecule has 2 aromatic rings. The lowest BCUT2D eigenvalue weighted by molar-refractivity contribution is 0.475. The largest absolute Gasteiger partial charge is 0.399 e. The highest BCUT2D eigenvalue weighted by Gasteiger charge is 2.11. The van der Waals surface area contributed by atoms with Crippen LogP contribution in [0.15, 0.2) is 35.4 Å². The second-order valence-corrected chi connectivity index (χ2v) is 6.48. The van der Waals surface area contributed by atoms with Gasteiger partial charge < -0.3 is 5.73 Å². The Morgan fingerprint density at radius 1 is 1.40 bits per heavy atom. The number of aromatic nitrogens is 2. The number of nitrogens with zero attached hydrogens (tertiary/aromatic N) is 2. The van der Waals surface area contributed by atoms with Crippen LogP contribution in [0.25, 0.3) is 0 Å². The maximum absolute atomic E-state index is 12.4. The van der Waals surface area contributed by atoms with E-state index in [9.17, 15) is 4.21 Å². The van der Waals surface area contributed by atoms with Crippen LogP contribution in [0.1, 0.15) is 37.6 Å². The molecule has 4 nitrogen and oxygen atoms in total. The van der Waals surface area contributed by atoms with E-state index in [4.69, 9.17) is 5.73 Å². The van der Waals surface area contributed by atoms with Crippen LogP contribution in [0.4, 0.5) is 5.69 Å². The molecule has 108 valence electrons. The lowest BCUT2D eigenvalue weighted by atomic mass is 10.2. The zero-order chi connectivity index (χ0) is 14.7. The van der Waals surface area contributed by atoms with Crippen molar-refractivity contribution in [3.63, 3.8) is 0 Å². The molecule has 20 heavy (non-hydrogen) atoms. The van der Waals surface area contributed by atoms with Gasteiger partial charge in [-0.25, -0.2) is 0 Å². The summed E-state index contributed by atoms with van der Waals surface area (Å²) >= 11 is 0. The van der Waals surface area contributed by atoms with Crippen molar-refractivity contribution in [3.8, 4) is 0 Å². The average Bonchev–Trinajstić information content (AvgIpc) is 2.86. The van der Waals surface area contributed by atoms with E-state index in [-0.39, 0.29) is 0 Å². The van der Waals surface area contributed by atoms with Gasteiger partial charge in [0.15, 0.2) is 0 Å². The van der Waals surface area contributed by atoms with Crippen molar-refractivity contribution in [3.05, 3.63) is 41.7 Å². The summed E-state index contributed by atoms with van der Waals surface area (Å²) < 4.78 is 14.3. The van der Waals surface area contributed by atoms with E-state index in [0.29, 0.717) is 17.5 Å². The van der Waals surface area contributed by atoms with Gasteiger partial charge >= 0.3 is 0 Å². The molecule has 0 bridgehead atoms. The van der Waals surface area contributed by atoms with Gasteiger partial charge in [-0.2, -0.15) is 5.10 Å². The summed E-state index contributed by atoms with van der Waals surface area (Å²) in [5, 5.41) is 4.49. The number of rotatable bonds is 5. The van der Waals surface area contributed by atoms with Gasteiger partial charge in [-0.05, 0) is 50.1 Å². The first-order valence-electron chi connectivity index (χ1n) is 6.79. The van der Waals surface area contributed by atoms with Gasteiger partial charge in [0, 0.05) is 22.8 Å². The predicted octanol–water partition coefficient (Wildman–Crippen LogP) is 3.05. The third-order valence-electron chi connectivity index (χ3n) is 3.43. The Kier molecular flexibility index (Phi) is 4.60. The van der Waals surface area contributed by atoms with Gasteiger partial charge in [-0.15, -0.1) is 0 Å². The number of hydrogen-bond donors (Lipinski definition) is 1. The van der Waals surface area contributed by atoms with Gasteiger partial charge in [0.2, 0.25) is 0 Å². The summed E-state index contributed by atoms with van der Waals surface area (Å²) in [4.78, 5) is 0.831. The zero-order valence-electron chi connectivity index (χ0n) is 12.2. The molecule has 0 fully saturated rings. The van der Waals surface area contributed by atoms with Crippen LogP contribution in [-0.4, -0.2) is 14.0 Å². The molecule has 0 aliphatic heterocycles. The molecule has 5 heteroatoms. The van der Waals surface area contributed by atoms with E-state index < -0.39 is 10.8 Å². The summed E-state index contributed by atoms with van der Waals surface area (Å²) in [6.45, 7) is 6.18. The molecule has 0 aliphatic carbocycles. The molecule has 0 spiro atoms. The van der Waals surface area contributed by atoms with Crippen LogP contribution in [-0.2, 0) is 16.6 Å². The third kappa shape index (κ3) is 3.28. The van der Waals surface area contributed by atoms with Gasteiger partial charge in [0.05, 0.1) is 22.2 Å². The highest BCUT2D eigenvalue weighted by atomic mass is 32.2. The summed E-state index contributed by atoms with van der Waals surface area (Å²) in [5.74, 6) is 0.439. The van der Waals surface area contributed by atoms with Crippen LogP contribution < -0.4 is 5.73 Å². The lowest BCUT2D eigenvalue weighted by Gasteiger charge is -2.08. The number of nitrogen functional groups attached to an aromatic ring is 1. The SMILES string of the molecule is CCC(C)n1ccc(CS(=O)c2ccc(N)cc2C)n1. The molecule has 0 saturated carbocycles. The lowest BCUT2D eigenvalue weighted by Crippen LogP contribution is -2.06. The van der Waals surface area contributed by atoms with Gasteiger partial charge in [-0.3, -0.25) is 8.89 Å². The van der Waals surface area contributed by atoms with Crippen molar-refractivity contribution in [1.29, 1.82) is 0 Å². The van der Waals surface area contributed by atoms with E-state index in [0.717, 1.165) is 22.6 Å². The minimum atomic E-state index is -1.09. The van der Waals surface area contributed by atoms with Crippen molar-refractivity contribution < 1.29 is 4.21 Å². The van der Waals surface area contributed by atoms with Crippen LogP contribution in [0, 0.1) is 6.92 Å². The van der Waals surface area contributed by atoms with Crippen molar-refractivity contribution >= 4 is 16.5 Å². The zero-order valence-corrected chi connectivity index (χ0v) is 13.0. The number of aryl methyl sites for hydroxylation is 1. The van der Waals surface area contributed by atoms with Crippen molar-refractivity contribution in [2.24, 2.45) is 0 Å². The highest BCUT2D eigenvalue weighted by Crippen LogP contribution is 2.19. The molecular weight excluding hydrogens is 270 g/mol. The van der Waals surface area contributed by atoms with Crippen LogP contribution >= 0.6 is 0 Å². The van der Waals surface area contributed by atoms with E-state index in [1.54, 1.807) is 6.07 Å². The Labute approximate surface area is 122 Å². The molecule has 2 rings (SSSR count). The molecule has 1 aromatic heterocycles. The second-order valence-electron chi connectivity index (χ2n) is 5.06. The first-order valence-corrected chi connectivity index (χ1v) is 8.11. The number of benzene rings is 1. The number of hydrogen-bond acceptors (Lipinski definition) is 3. The maximum atomic E-state index is 12.4. The summed E-state index contributed by atoms with van der Waals surface area (Å²) in [6.07, 6.45) is 2.98. The van der Waals surface area contributed by atoms with E-state index >= 15 is 0 Å². The standard InChI is InChI=1S/C15H21N3OS/c1-4-12(3)18-8-7-14(17-18)10-20(19)15-6-5-13(16)9-11(15)2/h5-9,12H,4,10,16H2,1-3H3. The maximum Gasteiger partial charge on any atom is 0.0753 e. The van der Waals surface area contributed by atoms with E-state index in [1.165, 1.54) is 0 Å². The Morgan fingerprint density at radius 2 is 2.15 bits per heavy atom. The Morgan fingerprint density at radius 3 is 2.80 bits per heavy atom. The minimum absolute atomic E-state index is 0.371. The first kappa shape index (κ1) is 14.8. The normalized spacial score (nSPS) is 14.2. The number of anilines is 1. The van der Waals surface area contributed by atoms with Crippen LogP contribution in [0.3, 0.4) is 0 Å². The van der Waals surface area contributed by atoms with Crippen molar-refractivity contribution in [2.45, 2.75) is 43.9 Å². The van der Waals surface area contributed by atoms with Gasteiger partial charge in [0.1, 0.15) is 0 Å². The molecule has 2 atom stereocenters. The topological polar surface area (TPSA) is 60.9 Å². The summed E-state index contributed by atoms with van der Waals surface area (Å²) in [7, 11) is -1.09. The quantitative estimate of drug-likeness (QED) is 0.861. The highest BCUT2D eigenvalue weighted by molar-refractivity contribution is 7.84. The molecule has 2 unspecified atom stereocenters. The fourth-order valence-corrected chi connectivity index (χ4v) is 3.24. The molecule has 1 aromatic carbocycles. The van der Waals surface area contributed by atoms with Crippen LogP contribution in [0.5, 0.6) is 0 Å². The summed E-state index contributed by atoms with van der Waals surface area (Å²) in [5.41, 5.74) is 8.24. The first-order chi connectivity index (χ1) is 9.51. The second kappa shape index (κ2) is 6.22. The van der Waals surface area contributed by atoms with Crippen LogP contribution in [0.2, 0.25) is 0 Å². The molecule has 1 heterocycles. The van der Waals surface area contributed by atoms with Gasteiger partial charge in [-0.1, -0.05) is 6.92 Å². The van der Waals surface area contributed by atoms with E-state index in [2.05, 4.69) is 18.9 Å². The number of nitrogens with two attached hydrogens (primary N) is 1. The van der Waals surface area contributed by atoms with Crippen molar-refractivity contribution in [1.82, 2.24) is 9.78 Å². The van der Waals surface area contributed by atoms with Gasteiger partial charge in [0.25, 0.3) is 0 Å². The Balaban J connectivity index is 2.13. The molecule has 0 saturated heterocycles. The summed E-state index contributed by atoms with van der Waals surface area (Å²) in [6, 6.07) is 7.79. The van der Waals surface area contributed by atoms with Crippen molar-refractivity contribution in [2.75, 3.05) is 5.73 Å².